The Balaban J connectivity index is 1.34. The molecule has 1 saturated heterocycles. The molecular formula is C29H34F3N5O4S. The number of aliphatic carboxylic acids is 1. The quantitative estimate of drug-likeness (QED) is 0.331. The normalized spacial score (nSPS) is 24.6. The van der Waals surface area contributed by atoms with Gasteiger partial charge in [-0.3, -0.25) is 14.7 Å². The average Bonchev–Trinajstić information content (AvgIpc) is 3.62. The number of esters is 1. The molecule has 2 aromatic rings. The number of likely N-dealkylation sites (tertiary alicyclic amines) is 1. The molecule has 0 spiro atoms. The number of nitrogens with one attached hydrogen (secondary N) is 2. The predicted molar refractivity (Wildman–Crippen MR) is 151 cm³/mol. The summed E-state index contributed by atoms with van der Waals surface area (Å²) >= 11 is 1.32. The zero-order valence-corrected chi connectivity index (χ0v) is 24.2. The van der Waals surface area contributed by atoms with E-state index in [2.05, 4.69) is 15.6 Å². The number of carbonyl (C=O) groups is 2. The van der Waals surface area contributed by atoms with E-state index in [0.29, 0.717) is 53.5 Å². The maximum Gasteiger partial charge on any atom is 0.338 e. The minimum absolute atomic E-state index is 0.0374. The van der Waals surface area contributed by atoms with Gasteiger partial charge in [-0.05, 0) is 56.8 Å². The monoisotopic (exact) mass is 605 g/mol. The summed E-state index contributed by atoms with van der Waals surface area (Å²) in [4.78, 5) is 35.4. The lowest BCUT2D eigenvalue weighted by atomic mass is 9.79. The van der Waals surface area contributed by atoms with Crippen LogP contribution < -0.4 is 10.6 Å². The number of alkyl halides is 2. The van der Waals surface area contributed by atoms with E-state index < -0.39 is 42.2 Å². The fourth-order valence-corrected chi connectivity index (χ4v) is 6.42. The van der Waals surface area contributed by atoms with Crippen molar-refractivity contribution in [2.24, 2.45) is 16.8 Å². The lowest BCUT2D eigenvalue weighted by Crippen LogP contribution is -2.48. The minimum atomic E-state index is -3.03. The van der Waals surface area contributed by atoms with Gasteiger partial charge in [0.1, 0.15) is 11.9 Å². The highest BCUT2D eigenvalue weighted by molar-refractivity contribution is 7.11. The molecule has 13 heteroatoms. The Hall–Kier alpha value is -3.29. The Labute approximate surface area is 245 Å². The predicted octanol–water partition coefficient (Wildman–Crippen LogP) is 3.91. The van der Waals surface area contributed by atoms with Gasteiger partial charge in [0.05, 0.1) is 24.6 Å². The van der Waals surface area contributed by atoms with Crippen LogP contribution in [0.4, 0.5) is 13.2 Å². The van der Waals surface area contributed by atoms with Crippen molar-refractivity contribution in [1.82, 2.24) is 20.5 Å². The Morgan fingerprint density at radius 3 is 2.79 bits per heavy atom. The van der Waals surface area contributed by atoms with Gasteiger partial charge in [0.2, 0.25) is 0 Å². The first-order valence-electron chi connectivity index (χ1n) is 14.0. The smallest absolute Gasteiger partial charge is 0.338 e. The number of thiazole rings is 1. The Morgan fingerprint density at radius 1 is 1.31 bits per heavy atom. The fraction of sp³-hybridized carbons (Fsp3) is 0.517. The number of rotatable bonds is 11. The number of carboxylic acid groups (broad SMARTS) is 1. The molecule has 42 heavy (non-hydrogen) atoms. The Kier molecular flexibility index (Phi) is 9.00. The second-order valence-electron chi connectivity index (χ2n) is 10.9. The molecule has 3 heterocycles. The molecule has 1 aromatic carbocycles. The summed E-state index contributed by atoms with van der Waals surface area (Å²) in [5, 5.41) is 17.4. The van der Waals surface area contributed by atoms with Gasteiger partial charge >= 0.3 is 11.9 Å². The lowest BCUT2D eigenvalue weighted by molar-refractivity contribution is -0.147. The van der Waals surface area contributed by atoms with Crippen LogP contribution in [0, 0.1) is 24.6 Å². The van der Waals surface area contributed by atoms with E-state index in [-0.39, 0.29) is 37.2 Å². The van der Waals surface area contributed by atoms with Crippen LogP contribution in [-0.2, 0) is 14.3 Å². The van der Waals surface area contributed by atoms with Crippen molar-refractivity contribution in [1.29, 1.82) is 0 Å². The molecular weight excluding hydrogens is 571 g/mol. The van der Waals surface area contributed by atoms with Crippen LogP contribution >= 0.6 is 11.3 Å². The number of ether oxygens (including phenoxy) is 1. The maximum atomic E-state index is 15.4. The van der Waals surface area contributed by atoms with E-state index in [1.54, 1.807) is 31.5 Å². The third-order valence-electron chi connectivity index (χ3n) is 8.32. The van der Waals surface area contributed by atoms with E-state index in [0.717, 1.165) is 0 Å². The van der Waals surface area contributed by atoms with Crippen molar-refractivity contribution in [3.8, 4) is 0 Å². The molecule has 1 aliphatic carbocycles. The number of benzene rings is 1. The fourth-order valence-electron chi connectivity index (χ4n) is 5.83. The minimum Gasteiger partial charge on any atom is -0.481 e. The summed E-state index contributed by atoms with van der Waals surface area (Å²) < 4.78 is 50.7. The van der Waals surface area contributed by atoms with E-state index >= 15 is 8.78 Å². The highest BCUT2D eigenvalue weighted by Gasteiger charge is 2.47. The molecule has 2 aliphatic heterocycles. The molecule has 0 bridgehead atoms. The molecule has 1 aromatic heterocycles. The SMILES string of the molecule is CCOC(=O)C1=C(CNCC(F)(F)C2CCN([C@H]3C[C@H](C(=O)O)C3)C2)NC(c2nccs2)=N[C@H]1c1cccc(F)c1C. The average molecular weight is 606 g/mol. The summed E-state index contributed by atoms with van der Waals surface area (Å²) in [6.45, 7) is 3.34. The van der Waals surface area contributed by atoms with Crippen LogP contribution in [0.5, 0.6) is 0 Å². The second kappa shape index (κ2) is 12.5. The largest absolute Gasteiger partial charge is 0.481 e. The van der Waals surface area contributed by atoms with Crippen LogP contribution in [0.15, 0.2) is 46.0 Å². The summed E-state index contributed by atoms with van der Waals surface area (Å²) in [6, 6.07) is 3.65. The molecule has 0 radical (unpaired) electrons. The third-order valence-corrected chi connectivity index (χ3v) is 9.10. The van der Waals surface area contributed by atoms with Gasteiger partial charge in [-0.25, -0.2) is 22.9 Å². The number of carboxylic acids is 1. The number of halogens is 3. The topological polar surface area (TPSA) is 116 Å². The van der Waals surface area contributed by atoms with Crippen LogP contribution in [0.1, 0.15) is 48.4 Å². The second-order valence-corrected chi connectivity index (χ2v) is 11.8. The van der Waals surface area contributed by atoms with Crippen molar-refractivity contribution in [2.75, 3.05) is 32.8 Å². The number of aromatic nitrogens is 1. The third kappa shape index (κ3) is 6.23. The van der Waals surface area contributed by atoms with Gasteiger partial charge in [0.15, 0.2) is 10.8 Å². The van der Waals surface area contributed by atoms with Crippen molar-refractivity contribution in [3.63, 3.8) is 0 Å². The number of hydrogen-bond acceptors (Lipinski definition) is 9. The van der Waals surface area contributed by atoms with Crippen LogP contribution in [0.3, 0.4) is 0 Å². The van der Waals surface area contributed by atoms with Crippen molar-refractivity contribution in [2.45, 2.75) is 51.1 Å². The maximum absolute atomic E-state index is 15.4. The van der Waals surface area contributed by atoms with E-state index in [9.17, 15) is 14.0 Å². The van der Waals surface area contributed by atoms with E-state index in [1.807, 2.05) is 4.90 Å². The van der Waals surface area contributed by atoms with Gasteiger partial charge in [0, 0.05) is 42.3 Å². The number of carbonyl (C=O) groups excluding carboxylic acids is 1. The van der Waals surface area contributed by atoms with E-state index in [1.165, 1.54) is 23.5 Å². The zero-order valence-electron chi connectivity index (χ0n) is 23.4. The van der Waals surface area contributed by atoms with Gasteiger partial charge in [0.25, 0.3) is 5.92 Å². The molecule has 3 N–H and O–H groups in total. The highest BCUT2D eigenvalue weighted by Crippen LogP contribution is 2.39. The molecule has 1 saturated carbocycles. The molecule has 3 aliphatic rings. The molecule has 0 amide bonds. The van der Waals surface area contributed by atoms with Gasteiger partial charge in [-0.15, -0.1) is 11.3 Å². The zero-order chi connectivity index (χ0) is 30.0. The Morgan fingerprint density at radius 2 is 2.10 bits per heavy atom. The molecule has 1 unspecified atom stereocenters. The first kappa shape index (κ1) is 30.2. The van der Waals surface area contributed by atoms with Crippen molar-refractivity contribution < 1.29 is 32.6 Å². The van der Waals surface area contributed by atoms with Crippen LogP contribution in [-0.4, -0.2) is 77.5 Å². The number of hydrogen-bond donors (Lipinski definition) is 3. The van der Waals surface area contributed by atoms with E-state index in [4.69, 9.17) is 14.8 Å². The first-order valence-corrected chi connectivity index (χ1v) is 14.9. The lowest BCUT2D eigenvalue weighted by Gasteiger charge is -2.39. The summed E-state index contributed by atoms with van der Waals surface area (Å²) in [5.41, 5.74) is 1.20. The Bertz CT molecular complexity index is 1380. The molecule has 9 nitrogen and oxygen atoms in total. The number of nitrogens with zero attached hydrogens (tertiary/aromatic N) is 3. The van der Waals surface area contributed by atoms with Crippen molar-refractivity contribution >= 4 is 29.1 Å². The van der Waals surface area contributed by atoms with Gasteiger partial charge < -0.3 is 20.5 Å². The standard InChI is InChI=1S/C29H34F3N5O4S/c1-3-41-28(40)23-22(13-33-15-29(31,32)18-7-9-37(14-18)19-11-17(12-19)27(38)39)35-25(26-34-8-10-42-26)36-24(23)20-5-4-6-21(30)16(20)2/h4-6,8,10,17-19,24,33H,3,7,9,11-15H2,1-2H3,(H,35,36)(H,38,39)/t17-,18?,19-,24-/m0/s1. The van der Waals surface area contributed by atoms with Crippen LogP contribution in [0.2, 0.25) is 0 Å². The molecule has 5 rings (SSSR count). The van der Waals surface area contributed by atoms with Crippen LogP contribution in [0.25, 0.3) is 0 Å². The first-order chi connectivity index (χ1) is 20.1. The summed E-state index contributed by atoms with van der Waals surface area (Å²) in [6.07, 6.45) is 2.92. The van der Waals surface area contributed by atoms with Gasteiger partial charge in [-0.2, -0.15) is 0 Å². The summed E-state index contributed by atoms with van der Waals surface area (Å²) in [7, 11) is 0. The van der Waals surface area contributed by atoms with Crippen molar-refractivity contribution in [3.05, 3.63) is 63.0 Å². The summed E-state index contributed by atoms with van der Waals surface area (Å²) in [5.74, 6) is -5.90. The molecule has 2 fully saturated rings. The van der Waals surface area contributed by atoms with Gasteiger partial charge in [-0.1, -0.05) is 12.1 Å². The molecule has 2 atom stereocenters. The number of aliphatic imine (C=N–C) groups is 1. The number of amidine groups is 1. The molecule has 226 valence electrons. The highest BCUT2D eigenvalue weighted by atomic mass is 32.1.